The van der Waals surface area contributed by atoms with Crippen molar-refractivity contribution in [2.75, 3.05) is 0 Å². The molecule has 0 spiro atoms. The van der Waals surface area contributed by atoms with E-state index in [0.29, 0.717) is 18.2 Å². The van der Waals surface area contributed by atoms with Gasteiger partial charge in [0.2, 0.25) is 0 Å². The first kappa shape index (κ1) is 12.1. The van der Waals surface area contributed by atoms with E-state index in [4.69, 9.17) is 4.74 Å². The van der Waals surface area contributed by atoms with Gasteiger partial charge in [-0.15, -0.1) is 0 Å². The quantitative estimate of drug-likeness (QED) is 0.885. The van der Waals surface area contributed by atoms with Crippen LogP contribution in [0.3, 0.4) is 0 Å². The lowest BCUT2D eigenvalue weighted by molar-refractivity contribution is 0.0962. The van der Waals surface area contributed by atoms with Crippen LogP contribution in [0.2, 0.25) is 0 Å². The topological polar surface area (TPSA) is 21.3 Å². The summed E-state index contributed by atoms with van der Waals surface area (Å²) in [5.74, 6) is -0.102. The normalized spacial score (nSPS) is 31.8. The van der Waals surface area contributed by atoms with Crippen LogP contribution in [0.1, 0.15) is 31.7 Å². The van der Waals surface area contributed by atoms with Gasteiger partial charge in [-0.1, -0.05) is 18.2 Å². The molecule has 0 radical (unpaired) electrons. The first-order chi connectivity index (χ1) is 8.72. The first-order valence-corrected chi connectivity index (χ1v) is 6.87. The molecule has 0 aromatic heterocycles. The zero-order valence-electron chi connectivity index (χ0n) is 10.7. The molecule has 2 aliphatic rings. The molecule has 0 unspecified atom stereocenters. The van der Waals surface area contributed by atoms with E-state index < -0.39 is 0 Å². The number of hydrogen-bond acceptors (Lipinski definition) is 2. The summed E-state index contributed by atoms with van der Waals surface area (Å²) < 4.78 is 19.4. The van der Waals surface area contributed by atoms with Crippen LogP contribution in [0.4, 0.5) is 4.39 Å². The van der Waals surface area contributed by atoms with Crippen LogP contribution in [-0.2, 0) is 11.2 Å². The predicted molar refractivity (Wildman–Crippen MR) is 69.0 cm³/mol. The molecule has 1 N–H and O–H groups in total. The highest BCUT2D eigenvalue weighted by atomic mass is 19.1. The van der Waals surface area contributed by atoms with Gasteiger partial charge in [0, 0.05) is 12.1 Å². The molecule has 2 heterocycles. The maximum absolute atomic E-state index is 13.6. The first-order valence-electron chi connectivity index (χ1n) is 6.87. The predicted octanol–water partition coefficient (Wildman–Crippen LogP) is 2.67. The average Bonchev–Trinajstić information content (AvgIpc) is 2.94. The molecule has 2 bridgehead atoms. The van der Waals surface area contributed by atoms with Gasteiger partial charge in [-0.2, -0.15) is 0 Å². The molecule has 3 heteroatoms. The molecule has 0 amide bonds. The van der Waals surface area contributed by atoms with E-state index in [1.54, 1.807) is 6.07 Å². The van der Waals surface area contributed by atoms with E-state index in [1.807, 2.05) is 12.1 Å². The molecule has 4 atom stereocenters. The van der Waals surface area contributed by atoms with Crippen LogP contribution in [0.5, 0.6) is 0 Å². The number of rotatable bonds is 4. The van der Waals surface area contributed by atoms with Crippen LogP contribution in [0.15, 0.2) is 24.3 Å². The fraction of sp³-hybridized carbons (Fsp3) is 0.600. The van der Waals surface area contributed by atoms with Gasteiger partial charge in [0.1, 0.15) is 5.82 Å². The Morgan fingerprint density at radius 1 is 1.39 bits per heavy atom. The van der Waals surface area contributed by atoms with E-state index in [0.717, 1.165) is 18.4 Å². The zero-order chi connectivity index (χ0) is 12.5. The Balaban J connectivity index is 1.56. The highest BCUT2D eigenvalue weighted by molar-refractivity contribution is 5.18. The van der Waals surface area contributed by atoms with Crippen LogP contribution in [0.25, 0.3) is 0 Å². The van der Waals surface area contributed by atoms with Crippen LogP contribution in [0, 0.1) is 5.82 Å². The maximum atomic E-state index is 13.6. The van der Waals surface area contributed by atoms with Gasteiger partial charge in [0.25, 0.3) is 0 Å². The second-order valence-electron chi connectivity index (χ2n) is 5.58. The molecule has 3 rings (SSSR count). The number of hydrogen-bond donors (Lipinski definition) is 1. The standard InChI is InChI=1S/C15H20FNO/c1-10(8-11-4-2-3-5-13(11)16)17-14-9-12-6-7-15(14)18-12/h2-5,10,12,14-15,17H,6-9H2,1H3/t10-,12-,14-,15-/m1/s1. The SMILES string of the molecule is C[C@H](Cc1ccccc1F)N[C@@H]1C[C@H]2CC[C@H]1O2. The number of benzene rings is 1. The number of fused-ring (bicyclic) bond motifs is 2. The third-order valence-electron chi connectivity index (χ3n) is 4.09. The van der Waals surface area contributed by atoms with Crippen molar-refractivity contribution in [2.24, 2.45) is 0 Å². The Morgan fingerprint density at radius 2 is 2.22 bits per heavy atom. The molecule has 2 nitrogen and oxygen atoms in total. The number of ether oxygens (including phenoxy) is 1. The lowest BCUT2D eigenvalue weighted by Crippen LogP contribution is -2.43. The molecule has 2 saturated heterocycles. The van der Waals surface area contributed by atoms with Gasteiger partial charge in [0.05, 0.1) is 12.2 Å². The molecule has 18 heavy (non-hydrogen) atoms. The Bertz CT molecular complexity index is 423. The summed E-state index contributed by atoms with van der Waals surface area (Å²) >= 11 is 0. The second kappa shape index (κ2) is 4.98. The van der Waals surface area contributed by atoms with Crippen LogP contribution in [-0.4, -0.2) is 24.3 Å². The molecule has 1 aromatic rings. The van der Waals surface area contributed by atoms with Gasteiger partial charge >= 0.3 is 0 Å². The summed E-state index contributed by atoms with van der Waals surface area (Å²) in [5.41, 5.74) is 0.793. The summed E-state index contributed by atoms with van der Waals surface area (Å²) in [6.45, 7) is 2.12. The van der Waals surface area contributed by atoms with Crippen molar-refractivity contribution < 1.29 is 9.13 Å². The molecule has 2 fully saturated rings. The van der Waals surface area contributed by atoms with E-state index in [1.165, 1.54) is 18.9 Å². The van der Waals surface area contributed by atoms with Gasteiger partial charge in [-0.25, -0.2) is 4.39 Å². The smallest absolute Gasteiger partial charge is 0.126 e. The van der Waals surface area contributed by atoms with Gasteiger partial charge in [0.15, 0.2) is 0 Å². The Kier molecular flexibility index (Phi) is 3.35. The average molecular weight is 249 g/mol. The molecule has 98 valence electrons. The maximum Gasteiger partial charge on any atom is 0.126 e. The minimum absolute atomic E-state index is 0.102. The summed E-state index contributed by atoms with van der Waals surface area (Å²) in [6.07, 6.45) is 5.10. The molecule has 2 aliphatic heterocycles. The highest BCUT2D eigenvalue weighted by Gasteiger charge is 2.40. The fourth-order valence-corrected chi connectivity index (χ4v) is 3.23. The molecular formula is C15H20FNO. The van der Waals surface area contributed by atoms with Crippen molar-refractivity contribution in [1.82, 2.24) is 5.32 Å². The van der Waals surface area contributed by atoms with Crippen molar-refractivity contribution in [3.05, 3.63) is 35.6 Å². The van der Waals surface area contributed by atoms with E-state index in [9.17, 15) is 4.39 Å². The third-order valence-corrected chi connectivity index (χ3v) is 4.09. The minimum atomic E-state index is -0.102. The van der Waals surface area contributed by atoms with Crippen LogP contribution >= 0.6 is 0 Å². The van der Waals surface area contributed by atoms with Crippen molar-refractivity contribution in [3.8, 4) is 0 Å². The highest BCUT2D eigenvalue weighted by Crippen LogP contribution is 2.34. The lowest BCUT2D eigenvalue weighted by atomic mass is 9.94. The van der Waals surface area contributed by atoms with E-state index in [2.05, 4.69) is 12.2 Å². The number of halogens is 1. The summed E-state index contributed by atoms with van der Waals surface area (Å²) in [6, 6.07) is 7.78. The van der Waals surface area contributed by atoms with Crippen molar-refractivity contribution in [3.63, 3.8) is 0 Å². The van der Waals surface area contributed by atoms with Crippen molar-refractivity contribution >= 4 is 0 Å². The Labute approximate surface area is 108 Å². The molecule has 0 saturated carbocycles. The van der Waals surface area contributed by atoms with E-state index >= 15 is 0 Å². The van der Waals surface area contributed by atoms with Gasteiger partial charge in [-0.3, -0.25) is 0 Å². The summed E-state index contributed by atoms with van der Waals surface area (Å²) in [4.78, 5) is 0. The zero-order valence-corrected chi connectivity index (χ0v) is 10.7. The number of nitrogens with one attached hydrogen (secondary N) is 1. The molecule has 0 aliphatic carbocycles. The third kappa shape index (κ3) is 2.43. The fourth-order valence-electron chi connectivity index (χ4n) is 3.23. The monoisotopic (exact) mass is 249 g/mol. The van der Waals surface area contributed by atoms with Gasteiger partial charge in [-0.05, 0) is 44.2 Å². The second-order valence-corrected chi connectivity index (χ2v) is 5.58. The molecule has 1 aromatic carbocycles. The Morgan fingerprint density at radius 3 is 2.89 bits per heavy atom. The lowest BCUT2D eigenvalue weighted by Gasteiger charge is -2.24. The van der Waals surface area contributed by atoms with E-state index in [-0.39, 0.29) is 11.9 Å². The summed E-state index contributed by atoms with van der Waals surface area (Å²) in [5, 5.41) is 3.59. The van der Waals surface area contributed by atoms with Crippen molar-refractivity contribution in [1.29, 1.82) is 0 Å². The van der Waals surface area contributed by atoms with Gasteiger partial charge < -0.3 is 10.1 Å². The van der Waals surface area contributed by atoms with Crippen molar-refractivity contribution in [2.45, 2.75) is 56.9 Å². The molecular weight excluding hydrogens is 229 g/mol. The minimum Gasteiger partial charge on any atom is -0.373 e. The largest absolute Gasteiger partial charge is 0.373 e. The van der Waals surface area contributed by atoms with Crippen LogP contribution < -0.4 is 5.32 Å². The Hall–Kier alpha value is -0.930. The summed E-state index contributed by atoms with van der Waals surface area (Å²) in [7, 11) is 0.